The van der Waals surface area contributed by atoms with E-state index in [1.165, 1.54) is 36.6 Å². The molecule has 0 amide bonds. The number of aromatic nitrogens is 3. The van der Waals surface area contributed by atoms with E-state index < -0.39 is 20.5 Å². The molecule has 6 rings (SSSR count). The Morgan fingerprint density at radius 3 is 2.76 bits per heavy atom. The average molecular weight is 550 g/mol. The van der Waals surface area contributed by atoms with E-state index in [2.05, 4.69) is 10.1 Å². The van der Waals surface area contributed by atoms with Crippen LogP contribution in [-0.4, -0.2) is 41.3 Å². The lowest BCUT2D eigenvalue weighted by atomic mass is 9.62. The number of methoxy groups -OCH3 is 1. The summed E-state index contributed by atoms with van der Waals surface area (Å²) in [4.78, 5) is 18.5. The van der Waals surface area contributed by atoms with Crippen molar-refractivity contribution in [2.24, 2.45) is 5.41 Å². The molecule has 38 heavy (non-hydrogen) atoms. The second-order valence-corrected chi connectivity index (χ2v) is 12.7. The van der Waals surface area contributed by atoms with Crippen LogP contribution >= 0.6 is 11.3 Å². The second kappa shape index (κ2) is 9.28. The number of allylic oxidation sites excluding steroid dienone is 1. The topological polar surface area (TPSA) is 91.2 Å². The Kier molecular flexibility index (Phi) is 6.03. The molecule has 2 aliphatic carbocycles. The summed E-state index contributed by atoms with van der Waals surface area (Å²) in [5, 5.41) is 5.91. The number of thiazole rings is 1. The third kappa shape index (κ3) is 3.99. The largest absolute Gasteiger partial charge is 0.497 e. The molecule has 2 aliphatic rings. The number of hydrogen-bond acceptors (Lipinski definition) is 7. The second-order valence-electron chi connectivity index (χ2n) is 9.63. The van der Waals surface area contributed by atoms with Gasteiger partial charge in [-0.15, -0.1) is 11.3 Å². The lowest BCUT2D eigenvalue weighted by molar-refractivity contribution is 0.0802. The number of ketones is 1. The van der Waals surface area contributed by atoms with Gasteiger partial charge in [0.25, 0.3) is 0 Å². The molecule has 0 unspecified atom stereocenters. The molecule has 0 radical (unpaired) electrons. The van der Waals surface area contributed by atoms with E-state index in [1.807, 2.05) is 6.08 Å². The van der Waals surface area contributed by atoms with Gasteiger partial charge in [-0.1, -0.05) is 11.6 Å². The lowest BCUT2D eigenvalue weighted by Gasteiger charge is -2.43. The molecule has 2 aromatic carbocycles. The van der Waals surface area contributed by atoms with Crippen molar-refractivity contribution in [3.05, 3.63) is 94.0 Å². The fourth-order valence-electron chi connectivity index (χ4n) is 5.63. The highest BCUT2D eigenvalue weighted by molar-refractivity contribution is 7.92. The minimum absolute atomic E-state index is 0.151. The number of Topliss-reactive ketones (excluding diaryl/α,β-unsaturated/α-hetero) is 1. The third-order valence-corrected chi connectivity index (χ3v) is 10.5. The molecule has 4 aromatic rings. The van der Waals surface area contributed by atoms with Crippen LogP contribution in [0.5, 0.6) is 5.75 Å². The number of fused-ring (bicyclic) bond motifs is 2. The molecule has 2 aromatic heterocycles. The van der Waals surface area contributed by atoms with Gasteiger partial charge >= 0.3 is 0 Å². The molecular formula is C28H24FN3O4S2. The smallest absolute Gasteiger partial charge is 0.201 e. The predicted molar refractivity (Wildman–Crippen MR) is 142 cm³/mol. The maximum Gasteiger partial charge on any atom is 0.201 e. The highest BCUT2D eigenvalue weighted by Gasteiger charge is 2.52. The van der Waals surface area contributed by atoms with Gasteiger partial charge in [0.2, 0.25) is 5.78 Å². The number of carbonyl (C=O) groups excluding carboxylic acids is 1. The zero-order valence-corrected chi connectivity index (χ0v) is 22.1. The van der Waals surface area contributed by atoms with E-state index in [0.717, 1.165) is 16.8 Å². The zero-order chi connectivity index (χ0) is 26.5. The Bertz CT molecular complexity index is 1660. The van der Waals surface area contributed by atoms with Crippen LogP contribution in [0, 0.1) is 11.2 Å². The lowest BCUT2D eigenvalue weighted by Crippen LogP contribution is -2.45. The van der Waals surface area contributed by atoms with Crippen molar-refractivity contribution in [1.82, 2.24) is 14.8 Å². The highest BCUT2D eigenvalue weighted by Crippen LogP contribution is 2.52. The van der Waals surface area contributed by atoms with Crippen molar-refractivity contribution in [2.75, 3.05) is 7.11 Å². The van der Waals surface area contributed by atoms with Gasteiger partial charge in [-0.3, -0.25) is 4.79 Å². The first-order valence-electron chi connectivity index (χ1n) is 12.2. The van der Waals surface area contributed by atoms with Crippen LogP contribution < -0.4 is 4.74 Å². The maximum atomic E-state index is 14.1. The number of halogens is 1. The normalized spacial score (nSPS) is 20.8. The molecular weight excluding hydrogens is 525 g/mol. The number of ether oxygens (including phenoxy) is 1. The van der Waals surface area contributed by atoms with Gasteiger partial charge in [-0.25, -0.2) is 22.5 Å². The predicted octanol–water partition coefficient (Wildman–Crippen LogP) is 5.31. The maximum absolute atomic E-state index is 14.1. The van der Waals surface area contributed by atoms with Crippen LogP contribution in [0.2, 0.25) is 0 Å². The third-order valence-electron chi connectivity index (χ3n) is 7.56. The van der Waals surface area contributed by atoms with Gasteiger partial charge in [-0.05, 0) is 79.8 Å². The van der Waals surface area contributed by atoms with E-state index in [9.17, 15) is 17.6 Å². The quantitative estimate of drug-likeness (QED) is 0.303. The van der Waals surface area contributed by atoms with Crippen molar-refractivity contribution in [1.29, 1.82) is 0 Å². The van der Waals surface area contributed by atoms with Crippen LogP contribution in [0.3, 0.4) is 0 Å². The Balaban J connectivity index is 1.43. The summed E-state index contributed by atoms with van der Waals surface area (Å²) < 4.78 is 48.1. The number of nitrogens with zero attached hydrogens (tertiary/aromatic N) is 3. The molecule has 2 atom stereocenters. The van der Waals surface area contributed by atoms with Gasteiger partial charge in [0.15, 0.2) is 14.8 Å². The monoisotopic (exact) mass is 549 g/mol. The van der Waals surface area contributed by atoms with Gasteiger partial charge in [-0.2, -0.15) is 5.10 Å². The first-order chi connectivity index (χ1) is 18.3. The molecule has 0 N–H and O–H groups in total. The average Bonchev–Trinajstić information content (AvgIpc) is 3.62. The fraction of sp³-hybridized carbons (Fsp3) is 0.250. The Hall–Kier alpha value is -3.63. The molecule has 0 spiro atoms. The molecule has 1 fully saturated rings. The number of carbonyl (C=O) groups is 1. The summed E-state index contributed by atoms with van der Waals surface area (Å²) in [7, 11) is -2.24. The Labute approximate surface area is 223 Å². The Morgan fingerprint density at radius 2 is 2.03 bits per heavy atom. The Morgan fingerprint density at radius 1 is 1.21 bits per heavy atom. The van der Waals surface area contributed by atoms with E-state index in [-0.39, 0.29) is 22.9 Å². The molecule has 0 aliphatic heterocycles. The summed E-state index contributed by atoms with van der Waals surface area (Å²) in [6.07, 6.45) is 6.57. The van der Waals surface area contributed by atoms with Crippen molar-refractivity contribution < 1.29 is 22.3 Å². The van der Waals surface area contributed by atoms with E-state index in [0.29, 0.717) is 35.7 Å². The van der Waals surface area contributed by atoms with Crippen LogP contribution in [0.1, 0.15) is 40.3 Å². The summed E-state index contributed by atoms with van der Waals surface area (Å²) in [5.74, 6) is -0.0345. The number of sulfone groups is 1. The van der Waals surface area contributed by atoms with Crippen LogP contribution in [0.25, 0.3) is 11.8 Å². The van der Waals surface area contributed by atoms with E-state index in [4.69, 9.17) is 4.74 Å². The van der Waals surface area contributed by atoms with Gasteiger partial charge in [0.05, 0.1) is 40.2 Å². The minimum atomic E-state index is -3.74. The molecule has 194 valence electrons. The van der Waals surface area contributed by atoms with Crippen molar-refractivity contribution in [3.63, 3.8) is 0 Å². The fourth-order valence-corrected chi connectivity index (χ4v) is 8.17. The number of rotatable bonds is 6. The summed E-state index contributed by atoms with van der Waals surface area (Å²) in [6, 6.07) is 12.5. The van der Waals surface area contributed by atoms with Crippen LogP contribution in [-0.2, 0) is 16.3 Å². The summed E-state index contributed by atoms with van der Waals surface area (Å²) in [6.45, 7) is 0. The summed E-state index contributed by atoms with van der Waals surface area (Å²) in [5.41, 5.74) is 2.20. The molecule has 10 heteroatoms. The van der Waals surface area contributed by atoms with Gasteiger partial charge in [0.1, 0.15) is 11.6 Å². The molecule has 0 saturated heterocycles. The van der Waals surface area contributed by atoms with Gasteiger partial charge < -0.3 is 4.74 Å². The van der Waals surface area contributed by atoms with E-state index >= 15 is 0 Å². The standard InChI is InChI=1S/C28H24FN3O4S2/c1-36-22-3-2-4-23(14-22)38(34,35)24-10-5-19-13-25-18(17-31-32(25)21-8-6-20(29)7-9-21)15-28(19,16-24)26(33)27-30-11-12-37-27/h2-4,6-9,11-14,17,24H,5,10,15-16H2,1H3/t24-,28-/m1/s1. The highest BCUT2D eigenvalue weighted by atomic mass is 32.2. The van der Waals surface area contributed by atoms with Gasteiger partial charge in [0, 0.05) is 11.6 Å². The van der Waals surface area contributed by atoms with Crippen molar-refractivity contribution in [2.45, 2.75) is 35.8 Å². The molecule has 7 nitrogen and oxygen atoms in total. The SMILES string of the molecule is COc1cccc(S(=O)(=O)[C@@H]2CCC3=Cc4c(cnn4-c4ccc(F)cc4)C[C@@]3(C(=O)c3nccs3)C2)c1. The minimum Gasteiger partial charge on any atom is -0.497 e. The van der Waals surface area contributed by atoms with E-state index in [1.54, 1.807) is 52.8 Å². The zero-order valence-electron chi connectivity index (χ0n) is 20.5. The van der Waals surface area contributed by atoms with Crippen molar-refractivity contribution in [3.8, 4) is 11.4 Å². The number of hydrogen-bond donors (Lipinski definition) is 0. The van der Waals surface area contributed by atoms with Crippen LogP contribution in [0.15, 0.2) is 76.8 Å². The van der Waals surface area contributed by atoms with Crippen molar-refractivity contribution >= 4 is 33.0 Å². The molecule has 1 saturated carbocycles. The first kappa shape index (κ1) is 24.7. The van der Waals surface area contributed by atoms with Crippen LogP contribution in [0.4, 0.5) is 4.39 Å². The first-order valence-corrected chi connectivity index (χ1v) is 14.6. The number of benzene rings is 2. The molecule has 0 bridgehead atoms. The summed E-state index contributed by atoms with van der Waals surface area (Å²) >= 11 is 1.26. The molecule has 2 heterocycles.